The Morgan fingerprint density at radius 3 is 2.00 bits per heavy atom. The number of aliphatic hydroxyl groups excluding tert-OH is 1. The number of hydrogen-bond acceptors (Lipinski definition) is 1. The maximum absolute atomic E-state index is 9.11. The summed E-state index contributed by atoms with van der Waals surface area (Å²) < 4.78 is 0. The molecule has 0 saturated heterocycles. The average molecular weight is 166 g/mol. The highest BCUT2D eigenvalue weighted by Gasteiger charge is 2.51. The van der Waals surface area contributed by atoms with Crippen molar-refractivity contribution in [2.75, 3.05) is 6.61 Å². The quantitative estimate of drug-likeness (QED) is 0.632. The number of aliphatic hydroxyl groups is 1. The molecule has 68 valence electrons. The van der Waals surface area contributed by atoms with E-state index in [4.69, 9.17) is 5.11 Å². The first-order chi connectivity index (χ1) is 5.88. The Labute approximate surface area is 74.2 Å². The van der Waals surface area contributed by atoms with Gasteiger partial charge in [-0.15, -0.1) is 0 Å². The van der Waals surface area contributed by atoms with Gasteiger partial charge in [0.1, 0.15) is 0 Å². The molecular weight excluding hydrogens is 148 g/mol. The van der Waals surface area contributed by atoms with E-state index in [2.05, 4.69) is 0 Å². The molecule has 3 fully saturated rings. The van der Waals surface area contributed by atoms with Gasteiger partial charge >= 0.3 is 0 Å². The molecule has 3 saturated carbocycles. The zero-order valence-corrected chi connectivity index (χ0v) is 7.58. The van der Waals surface area contributed by atoms with Crippen molar-refractivity contribution in [3.63, 3.8) is 0 Å². The van der Waals surface area contributed by atoms with Crippen LogP contribution in [0.25, 0.3) is 0 Å². The van der Waals surface area contributed by atoms with Crippen LogP contribution in [0.5, 0.6) is 0 Å². The van der Waals surface area contributed by atoms with Crippen LogP contribution >= 0.6 is 0 Å². The van der Waals surface area contributed by atoms with Crippen LogP contribution in [0.4, 0.5) is 0 Å². The van der Waals surface area contributed by atoms with E-state index >= 15 is 0 Å². The Morgan fingerprint density at radius 1 is 0.917 bits per heavy atom. The largest absolute Gasteiger partial charge is 0.396 e. The highest BCUT2D eigenvalue weighted by atomic mass is 16.3. The summed E-state index contributed by atoms with van der Waals surface area (Å²) in [5.41, 5.74) is 0. The summed E-state index contributed by atoms with van der Waals surface area (Å²) in [7, 11) is 0. The molecule has 0 spiro atoms. The SMILES string of the molecule is OCC1C[C@@H]2[C@@H]3CC[C@H](C3)[C@H]2C1. The summed E-state index contributed by atoms with van der Waals surface area (Å²) >= 11 is 0. The molecule has 1 heteroatoms. The van der Waals surface area contributed by atoms with Crippen LogP contribution in [-0.4, -0.2) is 11.7 Å². The maximum Gasteiger partial charge on any atom is 0.0459 e. The van der Waals surface area contributed by atoms with Crippen LogP contribution in [0.2, 0.25) is 0 Å². The van der Waals surface area contributed by atoms with Crippen molar-refractivity contribution in [1.82, 2.24) is 0 Å². The molecule has 1 N–H and O–H groups in total. The third-order valence-corrected chi connectivity index (χ3v) is 4.74. The molecule has 3 rings (SSSR count). The van der Waals surface area contributed by atoms with Gasteiger partial charge in [-0.3, -0.25) is 0 Å². The van der Waals surface area contributed by atoms with Gasteiger partial charge in [-0.2, -0.15) is 0 Å². The molecule has 0 amide bonds. The van der Waals surface area contributed by atoms with Gasteiger partial charge in [0, 0.05) is 6.61 Å². The van der Waals surface area contributed by atoms with E-state index in [0.29, 0.717) is 12.5 Å². The highest BCUT2D eigenvalue weighted by Crippen LogP contribution is 2.59. The molecule has 12 heavy (non-hydrogen) atoms. The monoisotopic (exact) mass is 166 g/mol. The topological polar surface area (TPSA) is 20.2 Å². The van der Waals surface area contributed by atoms with Gasteiger partial charge in [0.25, 0.3) is 0 Å². The summed E-state index contributed by atoms with van der Waals surface area (Å²) in [4.78, 5) is 0. The van der Waals surface area contributed by atoms with Crippen molar-refractivity contribution in [3.8, 4) is 0 Å². The number of fused-ring (bicyclic) bond motifs is 5. The second-order valence-electron chi connectivity index (χ2n) is 5.18. The first kappa shape index (κ1) is 7.37. The first-order valence-corrected chi connectivity index (χ1v) is 5.49. The lowest BCUT2D eigenvalue weighted by molar-refractivity contribution is 0.218. The van der Waals surface area contributed by atoms with Crippen LogP contribution in [0.15, 0.2) is 0 Å². The molecule has 0 aromatic rings. The zero-order valence-electron chi connectivity index (χ0n) is 7.58. The van der Waals surface area contributed by atoms with E-state index in [1.54, 1.807) is 0 Å². The molecule has 0 heterocycles. The molecular formula is C11H18O. The second kappa shape index (κ2) is 2.47. The van der Waals surface area contributed by atoms with Gasteiger partial charge in [-0.1, -0.05) is 0 Å². The molecule has 0 radical (unpaired) electrons. The van der Waals surface area contributed by atoms with Crippen LogP contribution in [0, 0.1) is 29.6 Å². The first-order valence-electron chi connectivity index (χ1n) is 5.49. The van der Waals surface area contributed by atoms with Gasteiger partial charge in [0.15, 0.2) is 0 Å². The van der Waals surface area contributed by atoms with Crippen molar-refractivity contribution < 1.29 is 5.11 Å². The van der Waals surface area contributed by atoms with Gasteiger partial charge in [-0.25, -0.2) is 0 Å². The molecule has 0 unspecified atom stereocenters. The van der Waals surface area contributed by atoms with Crippen LogP contribution < -0.4 is 0 Å². The lowest BCUT2D eigenvalue weighted by Crippen LogP contribution is -2.15. The fraction of sp³-hybridized carbons (Fsp3) is 1.00. The average Bonchev–Trinajstić information content (AvgIpc) is 2.75. The summed E-state index contributed by atoms with van der Waals surface area (Å²) in [6.07, 6.45) is 7.24. The van der Waals surface area contributed by atoms with Crippen molar-refractivity contribution >= 4 is 0 Å². The van der Waals surface area contributed by atoms with E-state index in [0.717, 1.165) is 23.7 Å². The van der Waals surface area contributed by atoms with Gasteiger partial charge in [0.2, 0.25) is 0 Å². The Hall–Kier alpha value is -0.0400. The normalized spacial score (nSPS) is 51.8. The molecule has 1 nitrogen and oxygen atoms in total. The van der Waals surface area contributed by atoms with Crippen LogP contribution in [0.3, 0.4) is 0 Å². The Kier molecular flexibility index (Phi) is 1.52. The number of hydrogen-bond donors (Lipinski definition) is 1. The minimum Gasteiger partial charge on any atom is -0.396 e. The summed E-state index contributed by atoms with van der Waals surface area (Å²) in [6.45, 7) is 0.451. The Bertz CT molecular complexity index is 171. The van der Waals surface area contributed by atoms with Crippen molar-refractivity contribution in [2.24, 2.45) is 29.6 Å². The minimum atomic E-state index is 0.451. The van der Waals surface area contributed by atoms with Crippen LogP contribution in [0.1, 0.15) is 32.1 Å². The lowest BCUT2D eigenvalue weighted by atomic mass is 9.82. The zero-order chi connectivity index (χ0) is 8.13. The summed E-state index contributed by atoms with van der Waals surface area (Å²) in [5.74, 6) is 4.86. The van der Waals surface area contributed by atoms with Crippen molar-refractivity contribution in [3.05, 3.63) is 0 Å². The fourth-order valence-corrected chi connectivity index (χ4v) is 4.28. The molecule has 3 aliphatic carbocycles. The predicted octanol–water partition coefficient (Wildman–Crippen LogP) is 2.05. The van der Waals surface area contributed by atoms with Crippen LogP contribution in [-0.2, 0) is 0 Å². The van der Waals surface area contributed by atoms with E-state index in [9.17, 15) is 0 Å². The molecule has 0 aromatic heterocycles. The summed E-state index contributed by atoms with van der Waals surface area (Å²) in [5, 5.41) is 9.11. The van der Waals surface area contributed by atoms with Crippen molar-refractivity contribution in [2.45, 2.75) is 32.1 Å². The van der Waals surface area contributed by atoms with Gasteiger partial charge in [0.05, 0.1) is 0 Å². The van der Waals surface area contributed by atoms with E-state index in [-0.39, 0.29) is 0 Å². The maximum atomic E-state index is 9.11. The van der Waals surface area contributed by atoms with Gasteiger partial charge < -0.3 is 5.11 Å². The molecule has 0 aromatic carbocycles. The molecule has 4 atom stereocenters. The van der Waals surface area contributed by atoms with Crippen molar-refractivity contribution in [1.29, 1.82) is 0 Å². The number of rotatable bonds is 1. The molecule has 3 aliphatic rings. The molecule has 0 aliphatic heterocycles. The third-order valence-electron chi connectivity index (χ3n) is 4.74. The summed E-state index contributed by atoms with van der Waals surface area (Å²) in [6, 6.07) is 0. The minimum absolute atomic E-state index is 0.451. The van der Waals surface area contributed by atoms with E-state index in [1.165, 1.54) is 32.1 Å². The predicted molar refractivity (Wildman–Crippen MR) is 47.6 cm³/mol. The van der Waals surface area contributed by atoms with E-state index < -0.39 is 0 Å². The standard InChI is InChI=1S/C11H18O/c12-6-7-3-10-8-1-2-9(5-8)11(10)4-7/h7-12H,1-6H2/t8-,9-,10-,11-/m1/s1. The highest BCUT2D eigenvalue weighted by molar-refractivity contribution is 5.01. The van der Waals surface area contributed by atoms with E-state index in [1.807, 2.05) is 0 Å². The second-order valence-corrected chi connectivity index (χ2v) is 5.18. The fourth-order valence-electron chi connectivity index (χ4n) is 4.28. The van der Waals surface area contributed by atoms with Gasteiger partial charge in [-0.05, 0) is 61.7 Å². The Morgan fingerprint density at radius 2 is 1.50 bits per heavy atom. The Balaban J connectivity index is 1.78. The third kappa shape index (κ3) is 0.834. The lowest BCUT2D eigenvalue weighted by Gasteiger charge is -2.23. The molecule has 2 bridgehead atoms. The smallest absolute Gasteiger partial charge is 0.0459 e.